The van der Waals surface area contributed by atoms with Crippen molar-refractivity contribution in [3.8, 4) is 11.5 Å². The number of rotatable bonds is 5. The molecular formula is C29H32N6O4. The van der Waals surface area contributed by atoms with Gasteiger partial charge in [0.2, 0.25) is 0 Å². The smallest absolute Gasteiger partial charge is 0.322 e. The van der Waals surface area contributed by atoms with Crippen LogP contribution in [0, 0.1) is 0 Å². The van der Waals surface area contributed by atoms with Crippen LogP contribution in [0.1, 0.15) is 34.5 Å². The topological polar surface area (TPSA) is 100 Å². The molecule has 0 bridgehead atoms. The first-order chi connectivity index (χ1) is 19.0. The van der Waals surface area contributed by atoms with Crippen LogP contribution >= 0.6 is 0 Å². The Morgan fingerprint density at radius 3 is 2.44 bits per heavy atom. The van der Waals surface area contributed by atoms with Gasteiger partial charge in [0.15, 0.2) is 0 Å². The molecule has 1 N–H and O–H groups in total. The molecule has 39 heavy (non-hydrogen) atoms. The third kappa shape index (κ3) is 4.82. The molecule has 0 aliphatic carbocycles. The van der Waals surface area contributed by atoms with Crippen molar-refractivity contribution in [1.29, 1.82) is 0 Å². The monoisotopic (exact) mass is 528 g/mol. The summed E-state index contributed by atoms with van der Waals surface area (Å²) in [6, 6.07) is 13.5. The van der Waals surface area contributed by atoms with Gasteiger partial charge in [-0.3, -0.25) is 4.79 Å². The third-order valence-corrected chi connectivity index (χ3v) is 7.97. The fourth-order valence-corrected chi connectivity index (χ4v) is 5.78. The van der Waals surface area contributed by atoms with Gasteiger partial charge in [-0.05, 0) is 61.1 Å². The number of piperidine rings is 1. The van der Waals surface area contributed by atoms with Crippen LogP contribution in [0.25, 0.3) is 0 Å². The number of carbonyl (C=O) groups excluding carboxylic acids is 2. The summed E-state index contributed by atoms with van der Waals surface area (Å²) in [5.41, 5.74) is 4.30. The van der Waals surface area contributed by atoms with Crippen LogP contribution in [0.3, 0.4) is 0 Å². The van der Waals surface area contributed by atoms with Gasteiger partial charge in [0.1, 0.15) is 29.3 Å². The van der Waals surface area contributed by atoms with Gasteiger partial charge in [-0.25, -0.2) is 14.8 Å². The molecule has 0 unspecified atom stereocenters. The standard InChI is InChI=1S/C29H32N6O4/c1-38-22-5-6-24-20(15-22)8-13-34(29(37)32-24)21-9-11-33(12-10-21)27-17-25(30-18-31-27)28(36)35-14-7-19-3-4-23(39-2)16-26(19)35/h3-6,15-18,21H,7-14H2,1-2H3,(H,32,37). The summed E-state index contributed by atoms with van der Waals surface area (Å²) in [6.45, 7) is 2.75. The highest BCUT2D eigenvalue weighted by Crippen LogP contribution is 2.33. The molecule has 0 radical (unpaired) electrons. The third-order valence-electron chi connectivity index (χ3n) is 7.97. The number of hydrogen-bond donors (Lipinski definition) is 1. The molecule has 0 spiro atoms. The molecule has 3 aromatic rings. The number of carbonyl (C=O) groups is 2. The Morgan fingerprint density at radius 2 is 1.64 bits per heavy atom. The highest BCUT2D eigenvalue weighted by Gasteiger charge is 2.32. The minimum atomic E-state index is -0.141. The van der Waals surface area contributed by atoms with E-state index in [0.717, 1.165) is 78.6 Å². The van der Waals surface area contributed by atoms with Crippen LogP contribution in [0.5, 0.6) is 11.5 Å². The van der Waals surface area contributed by atoms with E-state index in [-0.39, 0.29) is 18.0 Å². The zero-order valence-corrected chi connectivity index (χ0v) is 22.2. The van der Waals surface area contributed by atoms with Crippen LogP contribution in [0.2, 0.25) is 0 Å². The van der Waals surface area contributed by atoms with Crippen LogP contribution in [-0.2, 0) is 12.8 Å². The van der Waals surface area contributed by atoms with Crippen molar-refractivity contribution in [2.45, 2.75) is 31.7 Å². The highest BCUT2D eigenvalue weighted by atomic mass is 16.5. The Labute approximate surface area is 227 Å². The lowest BCUT2D eigenvalue weighted by atomic mass is 10.0. The van der Waals surface area contributed by atoms with E-state index in [1.165, 1.54) is 6.33 Å². The van der Waals surface area contributed by atoms with Crippen molar-refractivity contribution in [2.24, 2.45) is 0 Å². The molecule has 0 atom stereocenters. The van der Waals surface area contributed by atoms with Gasteiger partial charge in [0.05, 0.1) is 19.9 Å². The molecule has 1 saturated heterocycles. The number of fused-ring (bicyclic) bond motifs is 2. The number of nitrogens with zero attached hydrogens (tertiary/aromatic N) is 5. The molecule has 1 fully saturated rings. The van der Waals surface area contributed by atoms with E-state index in [0.29, 0.717) is 18.8 Å². The van der Waals surface area contributed by atoms with Crippen molar-refractivity contribution in [1.82, 2.24) is 14.9 Å². The second kappa shape index (κ2) is 10.4. The Hall–Kier alpha value is -4.34. The maximum Gasteiger partial charge on any atom is 0.322 e. The van der Waals surface area contributed by atoms with E-state index >= 15 is 0 Å². The van der Waals surface area contributed by atoms with E-state index in [1.54, 1.807) is 25.2 Å². The largest absolute Gasteiger partial charge is 0.497 e. The highest BCUT2D eigenvalue weighted by molar-refractivity contribution is 6.06. The summed E-state index contributed by atoms with van der Waals surface area (Å²) in [4.78, 5) is 41.2. The van der Waals surface area contributed by atoms with Gasteiger partial charge in [0, 0.05) is 50.0 Å². The van der Waals surface area contributed by atoms with Crippen molar-refractivity contribution in [3.05, 3.63) is 65.6 Å². The fourth-order valence-electron chi connectivity index (χ4n) is 5.78. The summed E-state index contributed by atoms with van der Waals surface area (Å²) in [6.07, 6.45) is 4.68. The molecule has 6 rings (SSSR count). The second-order valence-electron chi connectivity index (χ2n) is 10.1. The van der Waals surface area contributed by atoms with E-state index in [1.807, 2.05) is 41.3 Å². The molecule has 0 saturated carbocycles. The van der Waals surface area contributed by atoms with Gasteiger partial charge >= 0.3 is 6.03 Å². The van der Waals surface area contributed by atoms with Crippen molar-refractivity contribution in [2.75, 3.05) is 55.5 Å². The predicted octanol–water partition coefficient (Wildman–Crippen LogP) is 3.76. The zero-order chi connectivity index (χ0) is 26.9. The number of methoxy groups -OCH3 is 2. The minimum Gasteiger partial charge on any atom is -0.497 e. The number of urea groups is 1. The number of amides is 3. The number of nitrogens with one attached hydrogen (secondary N) is 1. The van der Waals surface area contributed by atoms with Crippen LogP contribution < -0.4 is 24.6 Å². The molecule has 1 aromatic heterocycles. The van der Waals surface area contributed by atoms with Crippen LogP contribution in [-0.4, -0.2) is 73.2 Å². The average Bonchev–Trinajstić information content (AvgIpc) is 3.33. The van der Waals surface area contributed by atoms with Gasteiger partial charge < -0.3 is 29.5 Å². The van der Waals surface area contributed by atoms with Gasteiger partial charge in [-0.2, -0.15) is 0 Å². The molecule has 202 valence electrons. The molecule has 10 heteroatoms. The SMILES string of the molecule is COc1ccc2c(c1)CCN(C1CCN(c3cc(C(=O)N4CCc5ccc(OC)cc54)ncn3)CC1)C(=O)N2. The normalized spacial score (nSPS) is 17.3. The molecule has 2 aromatic carbocycles. The van der Waals surface area contributed by atoms with Gasteiger partial charge in [-0.1, -0.05) is 6.07 Å². The van der Waals surface area contributed by atoms with Gasteiger partial charge in [-0.15, -0.1) is 0 Å². The fraction of sp³-hybridized carbons (Fsp3) is 0.379. The molecular weight excluding hydrogens is 496 g/mol. The summed E-state index contributed by atoms with van der Waals surface area (Å²) in [5.74, 6) is 2.11. The lowest BCUT2D eigenvalue weighted by Crippen LogP contribution is -2.49. The molecule has 3 amide bonds. The lowest BCUT2D eigenvalue weighted by Gasteiger charge is -2.38. The lowest BCUT2D eigenvalue weighted by molar-refractivity contribution is 0.0984. The van der Waals surface area contributed by atoms with Crippen LogP contribution in [0.15, 0.2) is 48.8 Å². The summed E-state index contributed by atoms with van der Waals surface area (Å²) in [5, 5.41) is 3.07. The quantitative estimate of drug-likeness (QED) is 0.538. The summed E-state index contributed by atoms with van der Waals surface area (Å²) < 4.78 is 10.7. The Kier molecular flexibility index (Phi) is 6.68. The van der Waals surface area contributed by atoms with Gasteiger partial charge in [0.25, 0.3) is 5.91 Å². The Morgan fingerprint density at radius 1 is 0.897 bits per heavy atom. The number of benzene rings is 2. The molecule has 4 heterocycles. The van der Waals surface area contributed by atoms with E-state index in [2.05, 4.69) is 20.2 Å². The van der Waals surface area contributed by atoms with E-state index in [9.17, 15) is 9.59 Å². The maximum absolute atomic E-state index is 13.4. The first kappa shape index (κ1) is 25.0. The zero-order valence-electron chi connectivity index (χ0n) is 22.2. The minimum absolute atomic E-state index is 0.0604. The number of aromatic nitrogens is 2. The molecule has 10 nitrogen and oxygen atoms in total. The second-order valence-corrected chi connectivity index (χ2v) is 10.1. The summed E-state index contributed by atoms with van der Waals surface area (Å²) in [7, 11) is 3.27. The van der Waals surface area contributed by atoms with Crippen molar-refractivity contribution < 1.29 is 19.1 Å². The molecule has 3 aliphatic rings. The number of anilines is 3. The maximum atomic E-state index is 13.4. The first-order valence-electron chi connectivity index (χ1n) is 13.3. The predicted molar refractivity (Wildman–Crippen MR) is 148 cm³/mol. The first-order valence-corrected chi connectivity index (χ1v) is 13.3. The van der Waals surface area contributed by atoms with Crippen molar-refractivity contribution >= 4 is 29.1 Å². The Balaban J connectivity index is 1.11. The van der Waals surface area contributed by atoms with Crippen molar-refractivity contribution in [3.63, 3.8) is 0 Å². The van der Waals surface area contributed by atoms with Crippen LogP contribution in [0.4, 0.5) is 22.0 Å². The summed E-state index contributed by atoms with van der Waals surface area (Å²) >= 11 is 0. The van der Waals surface area contributed by atoms with E-state index in [4.69, 9.17) is 9.47 Å². The number of hydrogen-bond acceptors (Lipinski definition) is 7. The molecule has 3 aliphatic heterocycles. The van der Waals surface area contributed by atoms with E-state index < -0.39 is 0 Å². The average molecular weight is 529 g/mol. The Bertz CT molecular complexity index is 1400. The number of ether oxygens (including phenoxy) is 2.